The molecule has 3 aliphatic rings. The SMILES string of the molecule is CC(C)CN1CCc2[nH]cnc2C1C1CCN(C(=O)C2CCOCC2)CC1. The van der Waals surface area contributed by atoms with Crippen LogP contribution in [0, 0.1) is 17.8 Å². The molecule has 6 nitrogen and oxygen atoms in total. The second kappa shape index (κ2) is 8.31. The van der Waals surface area contributed by atoms with Gasteiger partial charge in [-0.2, -0.15) is 0 Å². The third-order valence-corrected chi connectivity index (χ3v) is 6.54. The molecule has 0 bridgehead atoms. The summed E-state index contributed by atoms with van der Waals surface area (Å²) in [5, 5.41) is 0. The molecule has 3 aliphatic heterocycles. The van der Waals surface area contributed by atoms with Gasteiger partial charge in [0.25, 0.3) is 0 Å². The van der Waals surface area contributed by atoms with Gasteiger partial charge in [-0.1, -0.05) is 13.8 Å². The van der Waals surface area contributed by atoms with Crippen molar-refractivity contribution in [2.24, 2.45) is 17.8 Å². The average Bonchev–Trinajstić information content (AvgIpc) is 3.16. The molecular formula is C21H34N4O2. The number of piperidine rings is 1. The van der Waals surface area contributed by atoms with Gasteiger partial charge in [-0.05, 0) is 37.5 Å². The van der Waals surface area contributed by atoms with Gasteiger partial charge in [-0.3, -0.25) is 9.69 Å². The summed E-state index contributed by atoms with van der Waals surface area (Å²) < 4.78 is 5.42. The maximum absolute atomic E-state index is 12.8. The van der Waals surface area contributed by atoms with Gasteiger partial charge in [-0.15, -0.1) is 0 Å². The molecule has 1 amide bonds. The minimum Gasteiger partial charge on any atom is -0.381 e. The number of carbonyl (C=O) groups excluding carboxylic acids is 1. The largest absolute Gasteiger partial charge is 0.381 e. The first kappa shape index (κ1) is 18.9. The Morgan fingerprint density at radius 3 is 2.67 bits per heavy atom. The third-order valence-electron chi connectivity index (χ3n) is 6.54. The molecule has 4 rings (SSSR count). The van der Waals surface area contributed by atoms with Gasteiger partial charge in [0.05, 0.1) is 18.1 Å². The highest BCUT2D eigenvalue weighted by molar-refractivity contribution is 5.79. The summed E-state index contributed by atoms with van der Waals surface area (Å²) in [7, 11) is 0. The van der Waals surface area contributed by atoms with Crippen molar-refractivity contribution in [3.8, 4) is 0 Å². The molecule has 1 atom stereocenters. The predicted octanol–water partition coefficient (Wildman–Crippen LogP) is 2.63. The number of likely N-dealkylation sites (tertiary alicyclic amines) is 1. The number of carbonyl (C=O) groups is 1. The molecule has 0 aliphatic carbocycles. The second-order valence-electron chi connectivity index (χ2n) is 8.90. The molecule has 0 radical (unpaired) electrons. The molecular weight excluding hydrogens is 340 g/mol. The Labute approximate surface area is 162 Å². The van der Waals surface area contributed by atoms with Crippen LogP contribution in [0.2, 0.25) is 0 Å². The number of nitrogens with zero attached hydrogens (tertiary/aromatic N) is 3. The lowest BCUT2D eigenvalue weighted by atomic mass is 9.83. The van der Waals surface area contributed by atoms with Gasteiger partial charge in [0.15, 0.2) is 0 Å². The topological polar surface area (TPSA) is 61.5 Å². The molecule has 150 valence electrons. The van der Waals surface area contributed by atoms with Crippen molar-refractivity contribution in [2.75, 3.05) is 39.4 Å². The summed E-state index contributed by atoms with van der Waals surface area (Å²) in [6.45, 7) is 10.1. The average molecular weight is 375 g/mol. The summed E-state index contributed by atoms with van der Waals surface area (Å²) in [5.74, 6) is 1.79. The van der Waals surface area contributed by atoms with Crippen molar-refractivity contribution in [2.45, 2.75) is 52.0 Å². The van der Waals surface area contributed by atoms with Gasteiger partial charge in [0.1, 0.15) is 0 Å². The van der Waals surface area contributed by atoms with Gasteiger partial charge >= 0.3 is 0 Å². The van der Waals surface area contributed by atoms with E-state index in [1.54, 1.807) is 0 Å². The van der Waals surface area contributed by atoms with E-state index in [9.17, 15) is 4.79 Å². The van der Waals surface area contributed by atoms with E-state index in [-0.39, 0.29) is 5.92 Å². The fraction of sp³-hybridized carbons (Fsp3) is 0.810. The molecule has 27 heavy (non-hydrogen) atoms. The number of aromatic nitrogens is 2. The van der Waals surface area contributed by atoms with Crippen LogP contribution in [0.3, 0.4) is 0 Å². The quantitative estimate of drug-likeness (QED) is 0.880. The summed E-state index contributed by atoms with van der Waals surface area (Å²) in [6.07, 6.45) is 6.88. The van der Waals surface area contributed by atoms with Crippen molar-refractivity contribution in [1.82, 2.24) is 19.8 Å². The third kappa shape index (κ3) is 4.06. The number of rotatable bonds is 4. The molecule has 1 aromatic heterocycles. The van der Waals surface area contributed by atoms with Crippen LogP contribution in [0.25, 0.3) is 0 Å². The summed E-state index contributed by atoms with van der Waals surface area (Å²) in [4.78, 5) is 25.7. The fourth-order valence-corrected chi connectivity index (χ4v) is 5.19. The fourth-order valence-electron chi connectivity index (χ4n) is 5.19. The summed E-state index contributed by atoms with van der Waals surface area (Å²) in [6, 6.07) is 0.405. The molecule has 1 N–H and O–H groups in total. The van der Waals surface area contributed by atoms with E-state index < -0.39 is 0 Å². The van der Waals surface area contributed by atoms with Crippen molar-refractivity contribution in [3.05, 3.63) is 17.7 Å². The zero-order valence-corrected chi connectivity index (χ0v) is 16.8. The first-order valence-electron chi connectivity index (χ1n) is 10.8. The molecule has 6 heteroatoms. The minimum absolute atomic E-state index is 0.181. The molecule has 4 heterocycles. The van der Waals surface area contributed by atoms with Crippen molar-refractivity contribution >= 4 is 5.91 Å². The zero-order valence-electron chi connectivity index (χ0n) is 16.8. The summed E-state index contributed by atoms with van der Waals surface area (Å²) >= 11 is 0. The number of aromatic amines is 1. The smallest absolute Gasteiger partial charge is 0.225 e. The monoisotopic (exact) mass is 374 g/mol. The normalized spacial score (nSPS) is 25.7. The van der Waals surface area contributed by atoms with E-state index in [4.69, 9.17) is 9.72 Å². The number of hydrogen-bond acceptors (Lipinski definition) is 4. The lowest BCUT2D eigenvalue weighted by Gasteiger charge is -2.44. The highest BCUT2D eigenvalue weighted by atomic mass is 16.5. The van der Waals surface area contributed by atoms with E-state index in [0.717, 1.165) is 71.5 Å². The highest BCUT2D eigenvalue weighted by Gasteiger charge is 2.38. The number of nitrogens with one attached hydrogen (secondary N) is 1. The zero-order chi connectivity index (χ0) is 18.8. The molecule has 2 saturated heterocycles. The predicted molar refractivity (Wildman–Crippen MR) is 104 cm³/mol. The van der Waals surface area contributed by atoms with Gasteiger partial charge < -0.3 is 14.6 Å². The molecule has 0 aromatic carbocycles. The Morgan fingerprint density at radius 2 is 1.96 bits per heavy atom. The van der Waals surface area contributed by atoms with E-state index in [2.05, 4.69) is 28.6 Å². The van der Waals surface area contributed by atoms with Crippen molar-refractivity contribution in [1.29, 1.82) is 0 Å². The van der Waals surface area contributed by atoms with E-state index in [0.29, 0.717) is 23.8 Å². The van der Waals surface area contributed by atoms with Crippen LogP contribution in [0.5, 0.6) is 0 Å². The van der Waals surface area contributed by atoms with Crippen LogP contribution in [0.4, 0.5) is 0 Å². The second-order valence-corrected chi connectivity index (χ2v) is 8.90. The maximum atomic E-state index is 12.8. The van der Waals surface area contributed by atoms with Crippen LogP contribution < -0.4 is 0 Å². The number of amides is 1. The van der Waals surface area contributed by atoms with Crippen LogP contribution in [0.15, 0.2) is 6.33 Å². The van der Waals surface area contributed by atoms with Gasteiger partial charge in [0, 0.05) is 57.4 Å². The lowest BCUT2D eigenvalue weighted by Crippen LogP contribution is -2.47. The molecule has 1 unspecified atom stereocenters. The Balaban J connectivity index is 1.42. The Bertz CT molecular complexity index is 630. The first-order chi connectivity index (χ1) is 13.1. The van der Waals surface area contributed by atoms with Crippen LogP contribution in [-0.2, 0) is 16.0 Å². The number of ether oxygens (including phenoxy) is 1. The van der Waals surface area contributed by atoms with Gasteiger partial charge in [-0.25, -0.2) is 4.98 Å². The summed E-state index contributed by atoms with van der Waals surface area (Å²) in [5.41, 5.74) is 2.58. The van der Waals surface area contributed by atoms with E-state index in [1.165, 1.54) is 11.4 Å². The van der Waals surface area contributed by atoms with Crippen molar-refractivity contribution in [3.63, 3.8) is 0 Å². The Morgan fingerprint density at radius 1 is 1.22 bits per heavy atom. The Kier molecular flexibility index (Phi) is 5.83. The molecule has 1 aromatic rings. The maximum Gasteiger partial charge on any atom is 0.225 e. The highest BCUT2D eigenvalue weighted by Crippen LogP contribution is 2.39. The van der Waals surface area contributed by atoms with Crippen LogP contribution in [-0.4, -0.2) is 65.1 Å². The first-order valence-corrected chi connectivity index (χ1v) is 10.8. The lowest BCUT2D eigenvalue weighted by molar-refractivity contribution is -0.140. The number of imidazole rings is 1. The molecule has 2 fully saturated rings. The number of H-pyrrole nitrogens is 1. The standard InChI is InChI=1S/C21H34N4O2/c1-15(2)13-25-10-5-18-19(23-14-22-18)20(25)16-3-8-24(9-4-16)21(26)17-6-11-27-12-7-17/h14-17,20H,3-13H2,1-2H3,(H,22,23). The molecule has 0 spiro atoms. The number of hydrogen-bond donors (Lipinski definition) is 1. The van der Waals surface area contributed by atoms with E-state index in [1.807, 2.05) is 6.33 Å². The van der Waals surface area contributed by atoms with E-state index >= 15 is 0 Å². The van der Waals surface area contributed by atoms with Gasteiger partial charge in [0.2, 0.25) is 5.91 Å². The Hall–Kier alpha value is -1.40. The van der Waals surface area contributed by atoms with Crippen molar-refractivity contribution < 1.29 is 9.53 Å². The molecule has 0 saturated carbocycles. The van der Waals surface area contributed by atoms with Crippen LogP contribution >= 0.6 is 0 Å². The number of fused-ring (bicyclic) bond motifs is 1. The van der Waals surface area contributed by atoms with Crippen LogP contribution in [0.1, 0.15) is 57.0 Å². The minimum atomic E-state index is 0.181.